The molecule has 1 aromatic carbocycles. The van der Waals surface area contributed by atoms with E-state index in [4.69, 9.17) is 5.73 Å². The van der Waals surface area contributed by atoms with Gasteiger partial charge in [-0.1, -0.05) is 31.0 Å². The van der Waals surface area contributed by atoms with Gasteiger partial charge in [-0.15, -0.1) is 0 Å². The molecule has 16 heavy (non-hydrogen) atoms. The Morgan fingerprint density at radius 1 is 1.12 bits per heavy atom. The molecular formula is C14H16N2. The van der Waals surface area contributed by atoms with Gasteiger partial charge in [-0.25, -0.2) is 0 Å². The molecule has 2 nitrogen and oxygen atoms in total. The third kappa shape index (κ3) is 1.41. The standard InChI is InChI=1S/C14H16N2/c15-14(7-1-2-8-14)13-5-3-4-11-6-9-16-10-12(11)13/h3-6,9-10H,1-2,7-8,15H2. The fraction of sp³-hybridized carbons (Fsp3) is 0.357. The van der Waals surface area contributed by atoms with Crippen molar-refractivity contribution in [3.63, 3.8) is 0 Å². The summed E-state index contributed by atoms with van der Waals surface area (Å²) in [5.41, 5.74) is 7.67. The highest BCUT2D eigenvalue weighted by atomic mass is 14.8. The average molecular weight is 212 g/mol. The van der Waals surface area contributed by atoms with Crippen LogP contribution in [-0.4, -0.2) is 4.98 Å². The molecule has 1 aromatic heterocycles. The van der Waals surface area contributed by atoms with Crippen LogP contribution in [0.15, 0.2) is 36.7 Å². The van der Waals surface area contributed by atoms with Crippen molar-refractivity contribution in [2.45, 2.75) is 31.2 Å². The molecule has 0 amide bonds. The van der Waals surface area contributed by atoms with Crippen molar-refractivity contribution in [1.29, 1.82) is 0 Å². The molecule has 0 atom stereocenters. The van der Waals surface area contributed by atoms with E-state index in [2.05, 4.69) is 29.2 Å². The van der Waals surface area contributed by atoms with Crippen molar-refractivity contribution in [3.05, 3.63) is 42.2 Å². The number of nitrogens with two attached hydrogens (primary N) is 1. The highest BCUT2D eigenvalue weighted by molar-refractivity contribution is 5.85. The number of benzene rings is 1. The monoisotopic (exact) mass is 212 g/mol. The molecule has 1 saturated carbocycles. The molecule has 82 valence electrons. The fourth-order valence-corrected chi connectivity index (χ4v) is 2.82. The van der Waals surface area contributed by atoms with Gasteiger partial charge in [-0.05, 0) is 29.9 Å². The predicted molar refractivity (Wildman–Crippen MR) is 66.1 cm³/mol. The quantitative estimate of drug-likeness (QED) is 0.789. The van der Waals surface area contributed by atoms with E-state index in [9.17, 15) is 0 Å². The van der Waals surface area contributed by atoms with Crippen molar-refractivity contribution in [1.82, 2.24) is 4.98 Å². The van der Waals surface area contributed by atoms with E-state index in [0.717, 1.165) is 12.8 Å². The van der Waals surface area contributed by atoms with E-state index in [1.54, 1.807) is 0 Å². The second kappa shape index (κ2) is 3.56. The largest absolute Gasteiger partial charge is 0.321 e. The molecule has 0 bridgehead atoms. The van der Waals surface area contributed by atoms with E-state index < -0.39 is 0 Å². The minimum atomic E-state index is -0.122. The van der Waals surface area contributed by atoms with Gasteiger partial charge in [-0.2, -0.15) is 0 Å². The van der Waals surface area contributed by atoms with Gasteiger partial charge >= 0.3 is 0 Å². The van der Waals surface area contributed by atoms with Crippen LogP contribution in [0.3, 0.4) is 0 Å². The highest BCUT2D eigenvalue weighted by Crippen LogP contribution is 2.39. The first-order chi connectivity index (χ1) is 7.80. The van der Waals surface area contributed by atoms with Crippen molar-refractivity contribution in [3.8, 4) is 0 Å². The first kappa shape index (κ1) is 9.79. The molecule has 0 aliphatic heterocycles. The van der Waals surface area contributed by atoms with Crippen molar-refractivity contribution in [2.24, 2.45) is 5.73 Å². The number of pyridine rings is 1. The smallest absolute Gasteiger partial charge is 0.0416 e. The Balaban J connectivity index is 2.23. The van der Waals surface area contributed by atoms with Crippen LogP contribution in [0.1, 0.15) is 31.2 Å². The third-order valence-corrected chi connectivity index (χ3v) is 3.72. The number of fused-ring (bicyclic) bond motifs is 1. The Morgan fingerprint density at radius 2 is 1.94 bits per heavy atom. The van der Waals surface area contributed by atoms with Crippen LogP contribution in [0, 0.1) is 0 Å². The Hall–Kier alpha value is -1.41. The van der Waals surface area contributed by atoms with Crippen molar-refractivity contribution in [2.75, 3.05) is 0 Å². The summed E-state index contributed by atoms with van der Waals surface area (Å²) in [4.78, 5) is 4.22. The lowest BCUT2D eigenvalue weighted by Crippen LogP contribution is -2.33. The summed E-state index contributed by atoms with van der Waals surface area (Å²) in [6.07, 6.45) is 8.46. The van der Waals surface area contributed by atoms with Crippen LogP contribution < -0.4 is 5.73 Å². The first-order valence-corrected chi connectivity index (χ1v) is 5.92. The third-order valence-electron chi connectivity index (χ3n) is 3.72. The zero-order valence-corrected chi connectivity index (χ0v) is 9.32. The molecule has 1 aliphatic rings. The molecule has 0 unspecified atom stereocenters. The summed E-state index contributed by atoms with van der Waals surface area (Å²) in [6, 6.07) is 8.44. The lowest BCUT2D eigenvalue weighted by Gasteiger charge is -2.25. The van der Waals surface area contributed by atoms with Crippen LogP contribution in [0.4, 0.5) is 0 Å². The molecule has 3 rings (SSSR count). The lowest BCUT2D eigenvalue weighted by atomic mass is 9.86. The van der Waals surface area contributed by atoms with Crippen LogP contribution >= 0.6 is 0 Å². The molecule has 1 heterocycles. The minimum absolute atomic E-state index is 0.122. The van der Waals surface area contributed by atoms with Crippen LogP contribution in [0.5, 0.6) is 0 Å². The molecule has 2 heteroatoms. The van der Waals surface area contributed by atoms with Gasteiger partial charge < -0.3 is 5.73 Å². The second-order valence-corrected chi connectivity index (χ2v) is 4.77. The molecule has 2 N–H and O–H groups in total. The maximum absolute atomic E-state index is 6.52. The SMILES string of the molecule is NC1(c2cccc3ccncc23)CCCC1. The highest BCUT2D eigenvalue weighted by Gasteiger charge is 2.32. The Bertz CT molecular complexity index is 508. The van der Waals surface area contributed by atoms with Crippen LogP contribution in [0.2, 0.25) is 0 Å². The molecule has 2 aromatic rings. The normalized spacial score (nSPS) is 19.1. The summed E-state index contributed by atoms with van der Waals surface area (Å²) in [5, 5.41) is 2.46. The second-order valence-electron chi connectivity index (χ2n) is 4.77. The Morgan fingerprint density at radius 3 is 2.75 bits per heavy atom. The van der Waals surface area contributed by atoms with Crippen LogP contribution in [-0.2, 0) is 5.54 Å². The summed E-state index contributed by atoms with van der Waals surface area (Å²) in [7, 11) is 0. The van der Waals surface area contributed by atoms with Gasteiger partial charge in [0.15, 0.2) is 0 Å². The molecule has 0 saturated heterocycles. The molecule has 0 radical (unpaired) electrons. The number of aromatic nitrogens is 1. The fourth-order valence-electron chi connectivity index (χ4n) is 2.82. The van der Waals surface area contributed by atoms with Crippen molar-refractivity contribution >= 4 is 10.8 Å². The van der Waals surface area contributed by atoms with Gasteiger partial charge in [0.25, 0.3) is 0 Å². The summed E-state index contributed by atoms with van der Waals surface area (Å²) >= 11 is 0. The first-order valence-electron chi connectivity index (χ1n) is 5.92. The maximum atomic E-state index is 6.52. The number of nitrogens with zero attached hydrogens (tertiary/aromatic N) is 1. The maximum Gasteiger partial charge on any atom is 0.0416 e. The van der Waals surface area contributed by atoms with E-state index in [-0.39, 0.29) is 5.54 Å². The van der Waals surface area contributed by atoms with Crippen LogP contribution in [0.25, 0.3) is 10.8 Å². The van der Waals surface area contributed by atoms with E-state index in [1.165, 1.54) is 29.2 Å². The number of hydrogen-bond donors (Lipinski definition) is 1. The zero-order valence-electron chi connectivity index (χ0n) is 9.32. The number of rotatable bonds is 1. The summed E-state index contributed by atoms with van der Waals surface area (Å²) in [5.74, 6) is 0. The van der Waals surface area contributed by atoms with Gasteiger partial charge in [-0.3, -0.25) is 4.98 Å². The minimum Gasteiger partial charge on any atom is -0.321 e. The molecule has 1 aliphatic carbocycles. The van der Waals surface area contributed by atoms with Gasteiger partial charge in [0.1, 0.15) is 0 Å². The summed E-state index contributed by atoms with van der Waals surface area (Å²) in [6.45, 7) is 0. The molecule has 0 spiro atoms. The van der Waals surface area contributed by atoms with E-state index >= 15 is 0 Å². The van der Waals surface area contributed by atoms with Gasteiger partial charge in [0.05, 0.1) is 0 Å². The molecule has 1 fully saturated rings. The van der Waals surface area contributed by atoms with Crippen molar-refractivity contribution < 1.29 is 0 Å². The number of hydrogen-bond acceptors (Lipinski definition) is 2. The summed E-state index contributed by atoms with van der Waals surface area (Å²) < 4.78 is 0. The average Bonchev–Trinajstić information content (AvgIpc) is 2.77. The van der Waals surface area contributed by atoms with E-state index in [0.29, 0.717) is 0 Å². The molecular weight excluding hydrogens is 196 g/mol. The zero-order chi connectivity index (χ0) is 11.0. The Labute approximate surface area is 95.5 Å². The van der Waals surface area contributed by atoms with Gasteiger partial charge in [0, 0.05) is 23.3 Å². The van der Waals surface area contributed by atoms with Gasteiger partial charge in [0.2, 0.25) is 0 Å². The topological polar surface area (TPSA) is 38.9 Å². The predicted octanol–water partition coefficient (Wildman–Crippen LogP) is 2.96. The Kier molecular flexibility index (Phi) is 2.18. The lowest BCUT2D eigenvalue weighted by molar-refractivity contribution is 0.466. The van der Waals surface area contributed by atoms with E-state index in [1.807, 2.05) is 12.4 Å².